The minimum atomic E-state index is 0.559. The number of hydrogen-bond donors (Lipinski definition) is 1. The fourth-order valence-corrected chi connectivity index (χ4v) is 3.75. The summed E-state index contributed by atoms with van der Waals surface area (Å²) >= 11 is 0. The number of fused-ring (bicyclic) bond motifs is 1. The highest BCUT2D eigenvalue weighted by atomic mass is 15.3. The Bertz CT molecular complexity index is 812. The minimum Gasteiger partial charge on any atom is -0.345 e. The van der Waals surface area contributed by atoms with E-state index in [0.717, 1.165) is 50.4 Å². The zero-order chi connectivity index (χ0) is 17.1. The molecule has 1 fully saturated rings. The van der Waals surface area contributed by atoms with Crippen molar-refractivity contribution in [3.8, 4) is 0 Å². The lowest BCUT2D eigenvalue weighted by Crippen LogP contribution is -2.33. The molecule has 4 heterocycles. The summed E-state index contributed by atoms with van der Waals surface area (Å²) in [5, 5.41) is 4.44. The maximum Gasteiger partial charge on any atom is 0.155 e. The molecule has 0 radical (unpaired) electrons. The average Bonchev–Trinajstić information content (AvgIpc) is 3.29. The molecule has 6 heteroatoms. The van der Waals surface area contributed by atoms with Gasteiger partial charge < -0.3 is 4.98 Å². The van der Waals surface area contributed by atoms with Gasteiger partial charge >= 0.3 is 0 Å². The third kappa shape index (κ3) is 3.58. The Hall–Kier alpha value is -2.21. The van der Waals surface area contributed by atoms with Gasteiger partial charge in [0.15, 0.2) is 5.65 Å². The molecule has 25 heavy (non-hydrogen) atoms. The molecular weight excluding hydrogens is 312 g/mol. The fraction of sp³-hybridized carbons (Fsp3) is 0.526. The lowest BCUT2D eigenvalue weighted by atomic mass is 9.93. The summed E-state index contributed by atoms with van der Waals surface area (Å²) in [4.78, 5) is 14.9. The Kier molecular flexibility index (Phi) is 4.78. The molecular formula is C19H26N6. The number of aromatic nitrogens is 5. The Labute approximate surface area is 148 Å². The molecule has 6 nitrogen and oxygen atoms in total. The van der Waals surface area contributed by atoms with Gasteiger partial charge in [-0.25, -0.2) is 14.5 Å². The van der Waals surface area contributed by atoms with E-state index in [0.29, 0.717) is 5.92 Å². The molecule has 3 aromatic heterocycles. The van der Waals surface area contributed by atoms with Gasteiger partial charge in [0.2, 0.25) is 0 Å². The Morgan fingerprint density at radius 3 is 2.88 bits per heavy atom. The summed E-state index contributed by atoms with van der Waals surface area (Å²) in [6.45, 7) is 5.41. The van der Waals surface area contributed by atoms with Crippen LogP contribution in [-0.2, 0) is 13.0 Å². The molecule has 0 amide bonds. The van der Waals surface area contributed by atoms with Crippen molar-refractivity contribution in [3.05, 3.63) is 47.9 Å². The molecule has 1 N–H and O–H groups in total. The molecule has 0 unspecified atom stereocenters. The van der Waals surface area contributed by atoms with E-state index in [1.165, 1.54) is 24.2 Å². The van der Waals surface area contributed by atoms with E-state index in [2.05, 4.69) is 37.9 Å². The van der Waals surface area contributed by atoms with Crippen LogP contribution in [0.1, 0.15) is 55.7 Å². The van der Waals surface area contributed by atoms with E-state index < -0.39 is 0 Å². The van der Waals surface area contributed by atoms with E-state index in [-0.39, 0.29) is 0 Å². The van der Waals surface area contributed by atoms with Crippen LogP contribution in [0.4, 0.5) is 0 Å². The third-order valence-corrected chi connectivity index (χ3v) is 5.17. The first-order valence-corrected chi connectivity index (χ1v) is 9.37. The van der Waals surface area contributed by atoms with E-state index in [1.807, 2.05) is 29.2 Å². The molecule has 0 saturated carbocycles. The van der Waals surface area contributed by atoms with Gasteiger partial charge in [0.1, 0.15) is 5.82 Å². The van der Waals surface area contributed by atoms with Gasteiger partial charge in [-0.1, -0.05) is 13.3 Å². The molecule has 132 valence electrons. The number of unbranched alkanes of at least 4 members (excludes halogenated alkanes) is 1. The van der Waals surface area contributed by atoms with Crippen LogP contribution in [0.25, 0.3) is 5.65 Å². The second-order valence-electron chi connectivity index (χ2n) is 6.98. The molecule has 3 aromatic rings. The molecule has 0 atom stereocenters. The van der Waals surface area contributed by atoms with Crippen LogP contribution in [0.3, 0.4) is 0 Å². The first kappa shape index (κ1) is 16.3. The predicted octanol–water partition coefficient (Wildman–Crippen LogP) is 3.17. The van der Waals surface area contributed by atoms with Crippen LogP contribution in [0.2, 0.25) is 0 Å². The summed E-state index contributed by atoms with van der Waals surface area (Å²) in [6.07, 6.45) is 11.5. The standard InChI is InChI=1S/C19H26N6/c1-2-3-4-18-21-13-16(23-18)14-24-11-7-15(8-12-24)17-5-9-20-19-6-10-22-25(17)19/h5-6,9-10,13,15H,2-4,7-8,11-12,14H2,1H3,(H,21,23). The number of H-pyrrole nitrogens is 1. The molecule has 0 aromatic carbocycles. The molecule has 0 aliphatic carbocycles. The van der Waals surface area contributed by atoms with E-state index in [4.69, 9.17) is 0 Å². The first-order valence-electron chi connectivity index (χ1n) is 9.37. The third-order valence-electron chi connectivity index (χ3n) is 5.17. The monoisotopic (exact) mass is 338 g/mol. The highest BCUT2D eigenvalue weighted by Crippen LogP contribution is 2.28. The quantitative estimate of drug-likeness (QED) is 0.750. The minimum absolute atomic E-state index is 0.559. The van der Waals surface area contributed by atoms with Crippen molar-refractivity contribution in [2.24, 2.45) is 0 Å². The largest absolute Gasteiger partial charge is 0.345 e. The van der Waals surface area contributed by atoms with E-state index in [1.54, 1.807) is 0 Å². The van der Waals surface area contributed by atoms with Crippen molar-refractivity contribution in [2.75, 3.05) is 13.1 Å². The van der Waals surface area contributed by atoms with Crippen LogP contribution in [-0.4, -0.2) is 42.6 Å². The smallest absolute Gasteiger partial charge is 0.155 e. The van der Waals surface area contributed by atoms with Crippen molar-refractivity contribution >= 4 is 5.65 Å². The molecule has 0 bridgehead atoms. The van der Waals surface area contributed by atoms with Crippen molar-refractivity contribution in [1.82, 2.24) is 29.5 Å². The molecule has 1 saturated heterocycles. The summed E-state index contributed by atoms with van der Waals surface area (Å²) in [6, 6.07) is 4.09. The topological polar surface area (TPSA) is 62.1 Å². The van der Waals surface area contributed by atoms with Crippen molar-refractivity contribution in [1.29, 1.82) is 0 Å². The lowest BCUT2D eigenvalue weighted by Gasteiger charge is -2.31. The van der Waals surface area contributed by atoms with E-state index in [9.17, 15) is 0 Å². The van der Waals surface area contributed by atoms with Crippen LogP contribution in [0.15, 0.2) is 30.7 Å². The second-order valence-corrected chi connectivity index (χ2v) is 6.98. The van der Waals surface area contributed by atoms with Gasteiger partial charge in [-0.2, -0.15) is 5.10 Å². The summed E-state index contributed by atoms with van der Waals surface area (Å²) in [5.74, 6) is 1.69. The maximum atomic E-state index is 4.51. The van der Waals surface area contributed by atoms with Gasteiger partial charge in [-0.05, 0) is 38.4 Å². The van der Waals surface area contributed by atoms with E-state index >= 15 is 0 Å². The van der Waals surface area contributed by atoms with Gasteiger partial charge in [0.05, 0.1) is 6.20 Å². The second kappa shape index (κ2) is 7.35. The molecule has 1 aliphatic heterocycles. The first-order chi connectivity index (χ1) is 12.3. The Morgan fingerprint density at radius 2 is 2.04 bits per heavy atom. The van der Waals surface area contributed by atoms with Gasteiger partial charge in [-0.15, -0.1) is 0 Å². The van der Waals surface area contributed by atoms with Gasteiger partial charge in [0.25, 0.3) is 0 Å². The SMILES string of the molecule is CCCCc1ncc(CN2CCC(c3ccnc4ccnn34)CC2)[nH]1. The number of likely N-dealkylation sites (tertiary alicyclic amines) is 1. The maximum absolute atomic E-state index is 4.51. The van der Waals surface area contributed by atoms with Crippen molar-refractivity contribution < 1.29 is 0 Å². The average molecular weight is 338 g/mol. The molecule has 0 spiro atoms. The zero-order valence-corrected chi connectivity index (χ0v) is 14.9. The van der Waals surface area contributed by atoms with Crippen molar-refractivity contribution in [3.63, 3.8) is 0 Å². The number of nitrogens with zero attached hydrogens (tertiary/aromatic N) is 5. The number of imidazole rings is 1. The Balaban J connectivity index is 1.35. The van der Waals surface area contributed by atoms with Crippen molar-refractivity contribution in [2.45, 2.75) is 51.5 Å². The highest BCUT2D eigenvalue weighted by Gasteiger charge is 2.23. The lowest BCUT2D eigenvalue weighted by molar-refractivity contribution is 0.200. The predicted molar refractivity (Wildman–Crippen MR) is 97.4 cm³/mol. The van der Waals surface area contributed by atoms with Gasteiger partial charge in [-0.3, -0.25) is 4.90 Å². The van der Waals surface area contributed by atoms with Crippen LogP contribution < -0.4 is 0 Å². The Morgan fingerprint density at radius 1 is 1.16 bits per heavy atom. The number of piperidine rings is 1. The molecule has 1 aliphatic rings. The summed E-state index contributed by atoms with van der Waals surface area (Å²) in [7, 11) is 0. The number of aryl methyl sites for hydroxylation is 1. The van der Waals surface area contributed by atoms with Gasteiger partial charge in [0, 0.05) is 48.7 Å². The summed E-state index contributed by atoms with van der Waals surface area (Å²) < 4.78 is 2.00. The molecule has 4 rings (SSSR count). The number of rotatable bonds is 6. The van der Waals surface area contributed by atoms with Crippen LogP contribution in [0.5, 0.6) is 0 Å². The normalized spacial score (nSPS) is 16.7. The van der Waals surface area contributed by atoms with Crippen LogP contribution >= 0.6 is 0 Å². The number of nitrogens with one attached hydrogen (secondary N) is 1. The van der Waals surface area contributed by atoms with Crippen LogP contribution in [0, 0.1) is 0 Å². The number of hydrogen-bond acceptors (Lipinski definition) is 4. The highest BCUT2D eigenvalue weighted by molar-refractivity contribution is 5.37. The fourth-order valence-electron chi connectivity index (χ4n) is 3.75. The zero-order valence-electron chi connectivity index (χ0n) is 14.9. The number of aromatic amines is 1. The summed E-state index contributed by atoms with van der Waals surface area (Å²) in [5.41, 5.74) is 3.47.